The zero-order chi connectivity index (χ0) is 14.5. The Kier molecular flexibility index (Phi) is 4.55. The van der Waals surface area contributed by atoms with E-state index in [4.69, 9.17) is 23.2 Å². The number of imide groups is 1. The SMILES string of the molecule is O=C(NC(=O)c1ccc(Cl)nc1Cl)Nc1ccccc1. The topological polar surface area (TPSA) is 71.1 Å². The van der Waals surface area contributed by atoms with Crippen molar-refractivity contribution in [1.82, 2.24) is 10.3 Å². The number of anilines is 1. The third-order valence-corrected chi connectivity index (χ3v) is 2.82. The van der Waals surface area contributed by atoms with Gasteiger partial charge in [-0.1, -0.05) is 41.4 Å². The van der Waals surface area contributed by atoms with Crippen LogP contribution in [0, 0.1) is 0 Å². The predicted octanol–water partition coefficient (Wildman–Crippen LogP) is 3.35. The van der Waals surface area contributed by atoms with Crippen molar-refractivity contribution >= 4 is 40.8 Å². The summed E-state index contributed by atoms with van der Waals surface area (Å²) < 4.78 is 0. The van der Waals surface area contributed by atoms with Crippen LogP contribution in [0.1, 0.15) is 10.4 Å². The van der Waals surface area contributed by atoms with Gasteiger partial charge in [-0.25, -0.2) is 9.78 Å². The van der Waals surface area contributed by atoms with Crippen LogP contribution >= 0.6 is 23.2 Å². The molecule has 0 unspecified atom stereocenters. The number of hydrogen-bond acceptors (Lipinski definition) is 3. The molecule has 2 aromatic rings. The molecule has 0 spiro atoms. The van der Waals surface area contributed by atoms with Crippen LogP contribution in [0.4, 0.5) is 10.5 Å². The molecule has 0 aliphatic carbocycles. The van der Waals surface area contributed by atoms with Crippen LogP contribution in [0.5, 0.6) is 0 Å². The molecule has 1 heterocycles. The molecule has 2 N–H and O–H groups in total. The van der Waals surface area contributed by atoms with E-state index in [0.717, 1.165) is 0 Å². The van der Waals surface area contributed by atoms with E-state index in [2.05, 4.69) is 15.6 Å². The van der Waals surface area contributed by atoms with Crippen molar-refractivity contribution in [2.24, 2.45) is 0 Å². The van der Waals surface area contributed by atoms with Gasteiger partial charge in [0.15, 0.2) is 0 Å². The minimum atomic E-state index is -0.660. The van der Waals surface area contributed by atoms with Crippen LogP contribution in [-0.2, 0) is 0 Å². The first-order chi connectivity index (χ1) is 9.56. The zero-order valence-corrected chi connectivity index (χ0v) is 11.6. The molecular weight excluding hydrogens is 301 g/mol. The van der Waals surface area contributed by atoms with Crippen LogP contribution in [0.15, 0.2) is 42.5 Å². The summed E-state index contributed by atoms with van der Waals surface area (Å²) in [5.74, 6) is -0.660. The van der Waals surface area contributed by atoms with Crippen molar-refractivity contribution in [1.29, 1.82) is 0 Å². The molecule has 0 aliphatic heterocycles. The molecule has 3 amide bonds. The molecule has 5 nitrogen and oxygen atoms in total. The number of hydrogen-bond donors (Lipinski definition) is 2. The lowest BCUT2D eigenvalue weighted by Gasteiger charge is -2.07. The third-order valence-electron chi connectivity index (χ3n) is 2.32. The molecule has 102 valence electrons. The fourth-order valence-corrected chi connectivity index (χ4v) is 1.87. The number of amides is 3. The molecule has 0 aliphatic rings. The number of halogens is 2. The summed E-state index contributed by atoms with van der Waals surface area (Å²) in [5, 5.41) is 4.76. The molecule has 0 fully saturated rings. The van der Waals surface area contributed by atoms with Gasteiger partial charge in [0.25, 0.3) is 5.91 Å². The highest BCUT2D eigenvalue weighted by Crippen LogP contribution is 2.16. The smallest absolute Gasteiger partial charge is 0.308 e. The van der Waals surface area contributed by atoms with Crippen molar-refractivity contribution in [3.05, 3.63) is 58.3 Å². The van der Waals surface area contributed by atoms with E-state index in [1.807, 2.05) is 6.07 Å². The van der Waals surface area contributed by atoms with Gasteiger partial charge in [0.1, 0.15) is 10.3 Å². The number of rotatable bonds is 2. The van der Waals surface area contributed by atoms with Gasteiger partial charge in [-0.15, -0.1) is 0 Å². The average molecular weight is 310 g/mol. The van der Waals surface area contributed by atoms with Crippen LogP contribution in [0.2, 0.25) is 10.3 Å². The molecule has 0 saturated carbocycles. The van der Waals surface area contributed by atoms with E-state index in [-0.39, 0.29) is 15.9 Å². The Morgan fingerprint density at radius 3 is 2.35 bits per heavy atom. The Labute approximate surface area is 124 Å². The van der Waals surface area contributed by atoms with Crippen molar-refractivity contribution in [3.63, 3.8) is 0 Å². The molecule has 7 heteroatoms. The van der Waals surface area contributed by atoms with E-state index >= 15 is 0 Å². The molecule has 20 heavy (non-hydrogen) atoms. The summed E-state index contributed by atoms with van der Waals surface area (Å²) in [4.78, 5) is 27.2. The minimum Gasteiger partial charge on any atom is -0.308 e. The maximum Gasteiger partial charge on any atom is 0.326 e. The molecular formula is C13H9Cl2N3O2. The third kappa shape index (κ3) is 3.69. The second-order valence-electron chi connectivity index (χ2n) is 3.75. The van der Waals surface area contributed by atoms with E-state index in [1.54, 1.807) is 24.3 Å². The van der Waals surface area contributed by atoms with Crippen molar-refractivity contribution in [3.8, 4) is 0 Å². The van der Waals surface area contributed by atoms with E-state index in [0.29, 0.717) is 5.69 Å². The van der Waals surface area contributed by atoms with Crippen LogP contribution in [-0.4, -0.2) is 16.9 Å². The summed E-state index contributed by atoms with van der Waals surface area (Å²) >= 11 is 11.4. The normalized spacial score (nSPS) is 9.90. The molecule has 0 radical (unpaired) electrons. The van der Waals surface area contributed by atoms with Crippen LogP contribution < -0.4 is 10.6 Å². The van der Waals surface area contributed by atoms with Gasteiger partial charge in [-0.3, -0.25) is 10.1 Å². The average Bonchev–Trinajstić information content (AvgIpc) is 2.39. The summed E-state index contributed by atoms with van der Waals surface area (Å²) in [5.41, 5.74) is 0.636. The summed E-state index contributed by atoms with van der Waals surface area (Å²) in [6.07, 6.45) is 0. The quantitative estimate of drug-likeness (QED) is 0.836. The van der Waals surface area contributed by atoms with E-state index < -0.39 is 11.9 Å². The Morgan fingerprint density at radius 2 is 1.70 bits per heavy atom. The lowest BCUT2D eigenvalue weighted by molar-refractivity contribution is 0.0967. The number of pyridine rings is 1. The van der Waals surface area contributed by atoms with Gasteiger partial charge in [0.2, 0.25) is 0 Å². The largest absolute Gasteiger partial charge is 0.326 e. The zero-order valence-electron chi connectivity index (χ0n) is 10.1. The first-order valence-corrected chi connectivity index (χ1v) is 6.31. The summed E-state index contributed by atoms with van der Waals surface area (Å²) in [7, 11) is 0. The highest BCUT2D eigenvalue weighted by Gasteiger charge is 2.14. The molecule has 1 aromatic heterocycles. The number of nitrogens with zero attached hydrogens (tertiary/aromatic N) is 1. The number of carbonyl (C=O) groups is 2. The van der Waals surface area contributed by atoms with Crippen molar-refractivity contribution in [2.45, 2.75) is 0 Å². The molecule has 1 aromatic carbocycles. The van der Waals surface area contributed by atoms with Gasteiger partial charge >= 0.3 is 6.03 Å². The predicted molar refractivity (Wildman–Crippen MR) is 77.2 cm³/mol. The van der Waals surface area contributed by atoms with Gasteiger partial charge in [-0.05, 0) is 24.3 Å². The van der Waals surface area contributed by atoms with Gasteiger partial charge in [0.05, 0.1) is 5.56 Å². The van der Waals surface area contributed by atoms with E-state index in [1.165, 1.54) is 12.1 Å². The summed E-state index contributed by atoms with van der Waals surface area (Å²) in [6.45, 7) is 0. The second kappa shape index (κ2) is 6.36. The highest BCUT2D eigenvalue weighted by molar-refractivity contribution is 6.35. The first kappa shape index (κ1) is 14.3. The fraction of sp³-hybridized carbons (Fsp3) is 0. The molecule has 0 saturated heterocycles. The second-order valence-corrected chi connectivity index (χ2v) is 4.49. The molecule has 0 bridgehead atoms. The Hall–Kier alpha value is -2.11. The van der Waals surface area contributed by atoms with Crippen molar-refractivity contribution < 1.29 is 9.59 Å². The molecule has 2 rings (SSSR count). The standard InChI is InChI=1S/C13H9Cl2N3O2/c14-10-7-6-9(11(15)17-10)12(19)18-13(20)16-8-4-2-1-3-5-8/h1-7H,(H2,16,18,19,20). The Morgan fingerprint density at radius 1 is 1.00 bits per heavy atom. The first-order valence-electron chi connectivity index (χ1n) is 5.55. The Bertz CT molecular complexity index is 647. The summed E-state index contributed by atoms with van der Waals surface area (Å²) in [6, 6.07) is 10.9. The molecule has 0 atom stereocenters. The van der Waals surface area contributed by atoms with Gasteiger partial charge in [0, 0.05) is 5.69 Å². The lowest BCUT2D eigenvalue weighted by atomic mass is 10.3. The lowest BCUT2D eigenvalue weighted by Crippen LogP contribution is -2.34. The van der Waals surface area contributed by atoms with Crippen molar-refractivity contribution in [2.75, 3.05) is 5.32 Å². The highest BCUT2D eigenvalue weighted by atomic mass is 35.5. The Balaban J connectivity index is 2.02. The number of carbonyl (C=O) groups excluding carboxylic acids is 2. The fourth-order valence-electron chi connectivity index (χ4n) is 1.44. The number of para-hydroxylation sites is 1. The van der Waals surface area contributed by atoms with E-state index in [9.17, 15) is 9.59 Å². The maximum atomic E-state index is 11.8. The van der Waals surface area contributed by atoms with Gasteiger partial charge < -0.3 is 5.32 Å². The minimum absolute atomic E-state index is 0.0671. The monoisotopic (exact) mass is 309 g/mol. The number of benzene rings is 1. The number of urea groups is 1. The maximum absolute atomic E-state index is 11.8. The van der Waals surface area contributed by atoms with Crippen LogP contribution in [0.25, 0.3) is 0 Å². The van der Waals surface area contributed by atoms with Gasteiger partial charge in [-0.2, -0.15) is 0 Å². The van der Waals surface area contributed by atoms with Crippen LogP contribution in [0.3, 0.4) is 0 Å². The number of aromatic nitrogens is 1. The number of nitrogens with one attached hydrogen (secondary N) is 2.